The van der Waals surface area contributed by atoms with Crippen molar-refractivity contribution in [3.63, 3.8) is 0 Å². The Morgan fingerprint density at radius 2 is 1.83 bits per heavy atom. The zero-order chi connectivity index (χ0) is 16.1. The molecule has 23 heavy (non-hydrogen) atoms. The van der Waals surface area contributed by atoms with Gasteiger partial charge in [-0.1, -0.05) is 30.3 Å². The summed E-state index contributed by atoms with van der Waals surface area (Å²) in [5.41, 5.74) is 2.00. The third-order valence-electron chi connectivity index (χ3n) is 4.27. The van der Waals surface area contributed by atoms with Crippen LogP contribution in [0.1, 0.15) is 27.5 Å². The summed E-state index contributed by atoms with van der Waals surface area (Å²) in [5, 5.41) is 3.29. The molecule has 0 unspecified atom stereocenters. The zero-order valence-corrected chi connectivity index (χ0v) is 14.4. The largest absolute Gasteiger partial charge is 0.300 e. The Balaban J connectivity index is 1.40. The van der Waals surface area contributed by atoms with Crippen molar-refractivity contribution in [3.05, 3.63) is 52.0 Å². The molecule has 0 amide bonds. The fraction of sp³-hybridized carbons (Fsp3) is 0.444. The Morgan fingerprint density at radius 1 is 1.13 bits per heavy atom. The van der Waals surface area contributed by atoms with Crippen LogP contribution in [0.2, 0.25) is 0 Å². The lowest BCUT2D eigenvalue weighted by atomic mass is 10.1. The molecule has 1 saturated heterocycles. The number of aryl methyl sites for hydroxylation is 1. The van der Waals surface area contributed by atoms with Crippen LogP contribution in [0.25, 0.3) is 0 Å². The summed E-state index contributed by atoms with van der Waals surface area (Å²) in [6.45, 7) is 8.02. The van der Waals surface area contributed by atoms with E-state index in [4.69, 9.17) is 0 Å². The van der Waals surface area contributed by atoms with Gasteiger partial charge >= 0.3 is 0 Å². The Hall–Kier alpha value is -1.56. The molecule has 0 atom stereocenters. The molecule has 1 aromatic heterocycles. The van der Waals surface area contributed by atoms with E-state index in [9.17, 15) is 4.79 Å². The van der Waals surface area contributed by atoms with Gasteiger partial charge in [-0.05, 0) is 6.92 Å². The lowest BCUT2D eigenvalue weighted by Crippen LogP contribution is -2.46. The topological polar surface area (TPSA) is 36.4 Å². The van der Waals surface area contributed by atoms with E-state index in [1.165, 1.54) is 5.69 Å². The minimum Gasteiger partial charge on any atom is -0.300 e. The molecule has 2 aromatic rings. The van der Waals surface area contributed by atoms with Crippen LogP contribution in [0.3, 0.4) is 0 Å². The Kier molecular flexibility index (Phi) is 5.54. The van der Waals surface area contributed by atoms with Gasteiger partial charge in [-0.3, -0.25) is 9.69 Å². The van der Waals surface area contributed by atoms with E-state index >= 15 is 0 Å². The van der Waals surface area contributed by atoms with E-state index in [0.717, 1.165) is 49.8 Å². The summed E-state index contributed by atoms with van der Waals surface area (Å²) in [7, 11) is 0. The van der Waals surface area contributed by atoms with Crippen LogP contribution in [0.15, 0.2) is 35.7 Å². The smallest absolute Gasteiger partial charge is 0.164 e. The first-order valence-corrected chi connectivity index (χ1v) is 9.02. The predicted octanol–water partition coefficient (Wildman–Crippen LogP) is 2.84. The second-order valence-corrected chi connectivity index (χ2v) is 7.08. The monoisotopic (exact) mass is 329 g/mol. The van der Waals surface area contributed by atoms with Crippen molar-refractivity contribution in [1.82, 2.24) is 14.8 Å². The van der Waals surface area contributed by atoms with Gasteiger partial charge in [0.05, 0.1) is 10.7 Å². The molecule has 0 bridgehead atoms. The van der Waals surface area contributed by atoms with E-state index < -0.39 is 0 Å². The third kappa shape index (κ3) is 4.70. The maximum Gasteiger partial charge on any atom is 0.164 e. The lowest BCUT2D eigenvalue weighted by Gasteiger charge is -2.34. The molecule has 0 radical (unpaired) electrons. The number of piperazine rings is 1. The average Bonchev–Trinajstić information content (AvgIpc) is 2.99. The SMILES string of the molecule is Cc1nc(CN2CCN(CCC(=O)c3ccccc3)CC2)cs1. The van der Waals surface area contributed by atoms with Gasteiger partial charge in [0.1, 0.15) is 0 Å². The zero-order valence-electron chi connectivity index (χ0n) is 13.6. The number of hydrogen-bond donors (Lipinski definition) is 0. The second kappa shape index (κ2) is 7.81. The van der Waals surface area contributed by atoms with Gasteiger partial charge in [-0.15, -0.1) is 11.3 Å². The van der Waals surface area contributed by atoms with Crippen molar-refractivity contribution in [3.8, 4) is 0 Å². The second-order valence-electron chi connectivity index (χ2n) is 6.01. The molecule has 4 nitrogen and oxygen atoms in total. The third-order valence-corrected chi connectivity index (χ3v) is 5.09. The molecule has 2 heterocycles. The summed E-state index contributed by atoms with van der Waals surface area (Å²) in [4.78, 5) is 21.5. The molecule has 0 saturated carbocycles. The molecule has 1 aliphatic rings. The lowest BCUT2D eigenvalue weighted by molar-refractivity contribution is 0.0922. The van der Waals surface area contributed by atoms with E-state index in [2.05, 4.69) is 27.1 Å². The molecular formula is C18H23N3OS. The van der Waals surface area contributed by atoms with Crippen molar-refractivity contribution in [1.29, 1.82) is 0 Å². The number of benzene rings is 1. The van der Waals surface area contributed by atoms with E-state index in [0.29, 0.717) is 6.42 Å². The number of carbonyl (C=O) groups excluding carboxylic acids is 1. The highest BCUT2D eigenvalue weighted by Crippen LogP contribution is 2.12. The molecule has 122 valence electrons. The maximum atomic E-state index is 12.2. The molecule has 0 N–H and O–H groups in total. The Morgan fingerprint density at radius 3 is 2.48 bits per heavy atom. The highest BCUT2D eigenvalue weighted by atomic mass is 32.1. The molecule has 0 spiro atoms. The summed E-state index contributed by atoms with van der Waals surface area (Å²) in [5.74, 6) is 0.242. The van der Waals surface area contributed by atoms with Crippen molar-refractivity contribution in [2.45, 2.75) is 19.9 Å². The van der Waals surface area contributed by atoms with Crippen LogP contribution in [-0.4, -0.2) is 53.3 Å². The van der Waals surface area contributed by atoms with Gasteiger partial charge in [0.25, 0.3) is 0 Å². The molecule has 0 aliphatic carbocycles. The Labute approximate surface area is 141 Å². The molecule has 1 fully saturated rings. The van der Waals surface area contributed by atoms with Crippen LogP contribution in [0, 0.1) is 6.92 Å². The number of thiazole rings is 1. The first kappa shape index (κ1) is 16.3. The fourth-order valence-corrected chi connectivity index (χ4v) is 3.51. The van der Waals surface area contributed by atoms with Crippen LogP contribution < -0.4 is 0 Å². The number of ketones is 1. The van der Waals surface area contributed by atoms with Crippen molar-refractivity contribution < 1.29 is 4.79 Å². The van der Waals surface area contributed by atoms with Crippen LogP contribution in [0.5, 0.6) is 0 Å². The summed E-state index contributed by atoms with van der Waals surface area (Å²) < 4.78 is 0. The quantitative estimate of drug-likeness (QED) is 0.764. The first-order chi connectivity index (χ1) is 11.2. The highest BCUT2D eigenvalue weighted by molar-refractivity contribution is 7.09. The van der Waals surface area contributed by atoms with Gasteiger partial charge in [-0.2, -0.15) is 0 Å². The van der Waals surface area contributed by atoms with Crippen LogP contribution >= 0.6 is 11.3 Å². The Bertz CT molecular complexity index is 633. The maximum absolute atomic E-state index is 12.2. The summed E-state index contributed by atoms with van der Waals surface area (Å²) in [6, 6.07) is 9.59. The van der Waals surface area contributed by atoms with Crippen molar-refractivity contribution in [2.24, 2.45) is 0 Å². The number of aromatic nitrogens is 1. The van der Waals surface area contributed by atoms with Gasteiger partial charge < -0.3 is 4.90 Å². The molecule has 5 heteroatoms. The number of carbonyl (C=O) groups is 1. The van der Waals surface area contributed by atoms with Crippen LogP contribution in [0.4, 0.5) is 0 Å². The van der Waals surface area contributed by atoms with Gasteiger partial charge in [0.15, 0.2) is 5.78 Å². The van der Waals surface area contributed by atoms with Crippen molar-refractivity contribution >= 4 is 17.1 Å². The van der Waals surface area contributed by atoms with Gasteiger partial charge in [0, 0.05) is 56.6 Å². The number of hydrogen-bond acceptors (Lipinski definition) is 5. The molecule has 1 aromatic carbocycles. The fourth-order valence-electron chi connectivity index (χ4n) is 2.91. The normalized spacial score (nSPS) is 16.6. The standard InChI is InChI=1S/C18H23N3OS/c1-15-19-17(14-23-15)13-21-11-9-20(10-12-21)8-7-18(22)16-5-3-2-4-6-16/h2-6,14H,7-13H2,1H3. The summed E-state index contributed by atoms with van der Waals surface area (Å²) in [6.07, 6.45) is 0.606. The number of rotatable bonds is 6. The number of nitrogens with zero attached hydrogens (tertiary/aromatic N) is 3. The van der Waals surface area contributed by atoms with Crippen molar-refractivity contribution in [2.75, 3.05) is 32.7 Å². The van der Waals surface area contributed by atoms with Crippen LogP contribution in [-0.2, 0) is 6.54 Å². The summed E-state index contributed by atoms with van der Waals surface area (Å²) >= 11 is 1.72. The van der Waals surface area contributed by atoms with E-state index in [1.807, 2.05) is 30.3 Å². The highest BCUT2D eigenvalue weighted by Gasteiger charge is 2.18. The van der Waals surface area contributed by atoms with E-state index in [1.54, 1.807) is 11.3 Å². The van der Waals surface area contributed by atoms with E-state index in [-0.39, 0.29) is 5.78 Å². The average molecular weight is 329 g/mol. The van der Waals surface area contributed by atoms with Gasteiger partial charge in [0.2, 0.25) is 0 Å². The molecule has 1 aliphatic heterocycles. The minimum atomic E-state index is 0.242. The molecule has 3 rings (SSSR count). The van der Waals surface area contributed by atoms with Gasteiger partial charge in [-0.25, -0.2) is 4.98 Å². The number of Topliss-reactive ketones (excluding diaryl/α,β-unsaturated/α-hetero) is 1. The predicted molar refractivity (Wildman–Crippen MR) is 94.0 cm³/mol. The molecular weight excluding hydrogens is 306 g/mol. The minimum absolute atomic E-state index is 0.242. The first-order valence-electron chi connectivity index (χ1n) is 8.14.